The number of allylic oxidation sites excluding steroid dienone is 5. The molecule has 1 saturated heterocycles. The van der Waals surface area contributed by atoms with Gasteiger partial charge in [0.2, 0.25) is 0 Å². The smallest absolute Gasteiger partial charge is 0.0586 e. The summed E-state index contributed by atoms with van der Waals surface area (Å²) in [5.41, 5.74) is 4.13. The van der Waals surface area contributed by atoms with Gasteiger partial charge in [0.15, 0.2) is 0 Å². The Morgan fingerprint density at radius 3 is 2.88 bits per heavy atom. The molecule has 0 aromatic heterocycles. The molecule has 1 saturated carbocycles. The van der Waals surface area contributed by atoms with Gasteiger partial charge >= 0.3 is 0 Å². The van der Waals surface area contributed by atoms with Gasteiger partial charge in [0.05, 0.1) is 6.04 Å². The van der Waals surface area contributed by atoms with Gasteiger partial charge in [-0.2, -0.15) is 0 Å². The van der Waals surface area contributed by atoms with E-state index in [0.29, 0.717) is 18.0 Å². The first-order chi connectivity index (χ1) is 11.8. The van der Waals surface area contributed by atoms with Crippen LogP contribution < -0.4 is 4.72 Å². The van der Waals surface area contributed by atoms with Crippen LogP contribution in [0.25, 0.3) is 0 Å². The fourth-order valence-electron chi connectivity index (χ4n) is 4.52. The van der Waals surface area contributed by atoms with Crippen molar-refractivity contribution in [1.29, 1.82) is 0 Å². The highest BCUT2D eigenvalue weighted by Gasteiger charge is 2.42. The summed E-state index contributed by atoms with van der Waals surface area (Å²) >= 11 is 1.85. The zero-order valence-corrected chi connectivity index (χ0v) is 15.4. The third kappa shape index (κ3) is 2.82. The van der Waals surface area contributed by atoms with Gasteiger partial charge in [-0.05, 0) is 48.4 Å². The van der Waals surface area contributed by atoms with E-state index >= 15 is 0 Å². The van der Waals surface area contributed by atoms with Crippen LogP contribution in [0.2, 0.25) is 0 Å². The van der Waals surface area contributed by atoms with Crippen molar-refractivity contribution in [3.05, 3.63) is 58.7 Å². The van der Waals surface area contributed by atoms with Crippen molar-refractivity contribution in [3.63, 3.8) is 0 Å². The highest BCUT2D eigenvalue weighted by molar-refractivity contribution is 8.01. The van der Waals surface area contributed by atoms with E-state index in [2.05, 4.69) is 53.5 Å². The predicted molar refractivity (Wildman–Crippen MR) is 104 cm³/mol. The fourth-order valence-corrected chi connectivity index (χ4v) is 5.51. The number of nitrogens with zero attached hydrogens (tertiary/aromatic N) is 1. The zero-order valence-electron chi connectivity index (χ0n) is 14.6. The summed E-state index contributed by atoms with van der Waals surface area (Å²) in [6.45, 7) is 7.73. The maximum Gasteiger partial charge on any atom is 0.0586 e. The van der Waals surface area contributed by atoms with E-state index in [1.807, 2.05) is 11.9 Å². The maximum absolute atomic E-state index is 4.39. The number of hydrogen-bond acceptors (Lipinski definition) is 3. The topological polar surface area (TPSA) is 15.3 Å². The summed E-state index contributed by atoms with van der Waals surface area (Å²) < 4.78 is 3.74. The van der Waals surface area contributed by atoms with E-state index in [-0.39, 0.29) is 0 Å². The molecule has 2 atom stereocenters. The van der Waals surface area contributed by atoms with Crippen molar-refractivity contribution >= 4 is 11.9 Å². The Morgan fingerprint density at radius 1 is 1.25 bits per heavy atom. The van der Waals surface area contributed by atoms with Gasteiger partial charge < -0.3 is 4.90 Å². The van der Waals surface area contributed by atoms with Crippen molar-refractivity contribution in [2.75, 3.05) is 6.54 Å². The Morgan fingerprint density at radius 2 is 2.08 bits per heavy atom. The SMILES string of the molecule is C=C1C2=CC=CC3=C(SNC4CCCCC4)C=CC(C23)N1CCC. The molecule has 2 unspecified atom stereocenters. The molecule has 4 rings (SSSR count). The number of hydrogen-bond donors (Lipinski definition) is 1. The molecule has 1 aliphatic heterocycles. The average Bonchev–Trinajstić information content (AvgIpc) is 2.90. The Kier molecular flexibility index (Phi) is 4.73. The first-order valence-electron chi connectivity index (χ1n) is 9.48. The van der Waals surface area contributed by atoms with Crippen LogP contribution in [0.3, 0.4) is 0 Å². The third-order valence-corrected chi connectivity index (χ3v) is 6.78. The molecule has 4 aliphatic rings. The van der Waals surface area contributed by atoms with Crippen LogP contribution in [0.4, 0.5) is 0 Å². The van der Waals surface area contributed by atoms with E-state index in [0.717, 1.165) is 6.54 Å². The van der Waals surface area contributed by atoms with Crippen LogP contribution >= 0.6 is 11.9 Å². The number of rotatable bonds is 5. The van der Waals surface area contributed by atoms with Crippen molar-refractivity contribution < 1.29 is 0 Å². The second kappa shape index (κ2) is 6.97. The minimum atomic E-state index is 0.461. The van der Waals surface area contributed by atoms with Gasteiger partial charge in [-0.15, -0.1) is 0 Å². The summed E-state index contributed by atoms with van der Waals surface area (Å²) in [6, 6.07) is 1.14. The van der Waals surface area contributed by atoms with Crippen molar-refractivity contribution in [3.8, 4) is 0 Å². The van der Waals surface area contributed by atoms with Crippen molar-refractivity contribution in [2.24, 2.45) is 5.92 Å². The van der Waals surface area contributed by atoms with Crippen LogP contribution in [0.5, 0.6) is 0 Å². The molecular weight excluding hydrogens is 312 g/mol. The lowest BCUT2D eigenvalue weighted by molar-refractivity contribution is 0.312. The monoisotopic (exact) mass is 340 g/mol. The highest BCUT2D eigenvalue weighted by atomic mass is 32.2. The summed E-state index contributed by atoms with van der Waals surface area (Å²) in [7, 11) is 0. The first-order valence-corrected chi connectivity index (χ1v) is 10.3. The molecule has 3 aliphatic carbocycles. The lowest BCUT2D eigenvalue weighted by atomic mass is 9.81. The molecule has 128 valence electrons. The summed E-state index contributed by atoms with van der Waals surface area (Å²) in [5.74, 6) is 0.481. The van der Waals surface area contributed by atoms with Gasteiger partial charge in [0, 0.05) is 29.1 Å². The van der Waals surface area contributed by atoms with Gasteiger partial charge in [-0.25, -0.2) is 0 Å². The fraction of sp³-hybridized carbons (Fsp3) is 0.524. The number of nitrogens with one attached hydrogen (secondary N) is 1. The minimum Gasteiger partial charge on any atom is -0.364 e. The number of likely N-dealkylation sites (tertiary alicyclic amines) is 1. The van der Waals surface area contributed by atoms with Crippen LogP contribution in [0.1, 0.15) is 45.4 Å². The van der Waals surface area contributed by atoms with Gasteiger partial charge in [0.1, 0.15) is 0 Å². The molecular formula is C21H28N2S. The quantitative estimate of drug-likeness (QED) is 0.701. The van der Waals surface area contributed by atoms with Crippen molar-refractivity contribution in [2.45, 2.75) is 57.5 Å². The van der Waals surface area contributed by atoms with Crippen molar-refractivity contribution in [1.82, 2.24) is 9.62 Å². The molecule has 0 radical (unpaired) electrons. The minimum absolute atomic E-state index is 0.461. The van der Waals surface area contributed by atoms with Crippen LogP contribution in [0.15, 0.2) is 58.7 Å². The highest BCUT2D eigenvalue weighted by Crippen LogP contribution is 2.48. The molecule has 0 bridgehead atoms. The molecule has 0 spiro atoms. The molecule has 1 N–H and O–H groups in total. The normalized spacial score (nSPS) is 29.3. The molecule has 0 aromatic rings. The molecule has 1 heterocycles. The van der Waals surface area contributed by atoms with E-state index in [4.69, 9.17) is 0 Å². The second-order valence-electron chi connectivity index (χ2n) is 7.32. The Balaban J connectivity index is 1.54. The molecule has 0 amide bonds. The maximum atomic E-state index is 4.39. The average molecular weight is 341 g/mol. The third-order valence-electron chi connectivity index (χ3n) is 5.74. The summed E-state index contributed by atoms with van der Waals surface area (Å²) in [4.78, 5) is 3.89. The van der Waals surface area contributed by atoms with Crippen LogP contribution in [0, 0.1) is 5.92 Å². The lowest BCUT2D eigenvalue weighted by Gasteiger charge is -2.32. The van der Waals surface area contributed by atoms with E-state index in [1.165, 1.54) is 60.3 Å². The van der Waals surface area contributed by atoms with E-state index in [9.17, 15) is 0 Å². The zero-order chi connectivity index (χ0) is 16.5. The molecule has 24 heavy (non-hydrogen) atoms. The lowest BCUT2D eigenvalue weighted by Crippen LogP contribution is -2.33. The van der Waals surface area contributed by atoms with E-state index < -0.39 is 0 Å². The van der Waals surface area contributed by atoms with Crippen LogP contribution in [-0.2, 0) is 0 Å². The Hall–Kier alpha value is -1.19. The molecule has 0 aromatic carbocycles. The van der Waals surface area contributed by atoms with Gasteiger partial charge in [-0.1, -0.05) is 57.1 Å². The largest absolute Gasteiger partial charge is 0.364 e. The second-order valence-corrected chi connectivity index (χ2v) is 8.20. The van der Waals surface area contributed by atoms with Gasteiger partial charge in [-0.3, -0.25) is 4.72 Å². The predicted octanol–water partition coefficient (Wildman–Crippen LogP) is 5.10. The summed E-state index contributed by atoms with van der Waals surface area (Å²) in [5, 5.41) is 0. The standard InChI is InChI=1S/C21H28N2S/c1-3-14-23-15(2)17-10-7-11-18-20(13-12-19(23)21(17)18)24-22-16-8-5-4-6-9-16/h7,10-13,16,19,21-22H,2-6,8-9,14H2,1H3. The molecule has 2 fully saturated rings. The molecule has 2 nitrogen and oxygen atoms in total. The van der Waals surface area contributed by atoms with Gasteiger partial charge in [0.25, 0.3) is 0 Å². The Labute approximate surface area is 150 Å². The Bertz CT molecular complexity index is 634. The van der Waals surface area contributed by atoms with Crippen LogP contribution in [-0.4, -0.2) is 23.5 Å². The first kappa shape index (κ1) is 16.3. The summed E-state index contributed by atoms with van der Waals surface area (Å²) in [6.07, 6.45) is 19.5. The molecule has 3 heteroatoms. The van der Waals surface area contributed by atoms with E-state index in [1.54, 1.807) is 0 Å².